The summed E-state index contributed by atoms with van der Waals surface area (Å²) in [7, 11) is 1.32. The summed E-state index contributed by atoms with van der Waals surface area (Å²) in [6.07, 6.45) is 0.0765. The molecule has 0 aliphatic heterocycles. The van der Waals surface area contributed by atoms with E-state index in [1.54, 1.807) is 18.2 Å². The maximum absolute atomic E-state index is 13.0. The fourth-order valence-electron chi connectivity index (χ4n) is 2.65. The van der Waals surface area contributed by atoms with Gasteiger partial charge in [-0.2, -0.15) is 4.98 Å². The lowest BCUT2D eigenvalue weighted by Gasteiger charge is -2.14. The Morgan fingerprint density at radius 1 is 1.28 bits per heavy atom. The molecule has 0 N–H and O–H groups in total. The molecule has 0 bridgehead atoms. The molecule has 0 saturated carbocycles. The van der Waals surface area contributed by atoms with Crippen LogP contribution in [0.1, 0.15) is 51.1 Å². The van der Waals surface area contributed by atoms with Crippen molar-refractivity contribution in [3.63, 3.8) is 0 Å². The first-order valence-corrected chi connectivity index (χ1v) is 10.2. The van der Waals surface area contributed by atoms with Gasteiger partial charge in [0.25, 0.3) is 5.56 Å². The van der Waals surface area contributed by atoms with Gasteiger partial charge in [0, 0.05) is 12.0 Å². The van der Waals surface area contributed by atoms with Crippen molar-refractivity contribution in [2.75, 3.05) is 7.11 Å². The van der Waals surface area contributed by atoms with Gasteiger partial charge in [0.05, 0.1) is 29.7 Å². The third-order valence-electron chi connectivity index (χ3n) is 4.34. The molecule has 0 aliphatic carbocycles. The van der Waals surface area contributed by atoms with Gasteiger partial charge >= 0.3 is 5.97 Å². The molecule has 2 heterocycles. The number of carbonyl (C=O) groups is 1. The van der Waals surface area contributed by atoms with Crippen molar-refractivity contribution in [2.24, 2.45) is 0 Å². The molecule has 3 rings (SSSR count). The van der Waals surface area contributed by atoms with Gasteiger partial charge in [0.15, 0.2) is 11.0 Å². The summed E-state index contributed by atoms with van der Waals surface area (Å²) in [5.41, 5.74) is 0.174. The Hall–Kier alpha value is -2.68. The van der Waals surface area contributed by atoms with Crippen molar-refractivity contribution in [1.82, 2.24) is 19.7 Å². The highest BCUT2D eigenvalue weighted by Gasteiger charge is 2.25. The Morgan fingerprint density at radius 2 is 2.00 bits per heavy atom. The predicted octanol–water partition coefficient (Wildman–Crippen LogP) is 3.49. The highest BCUT2D eigenvalue weighted by Crippen LogP contribution is 2.34. The zero-order valence-electron chi connectivity index (χ0n) is 17.1. The van der Waals surface area contributed by atoms with E-state index in [9.17, 15) is 9.59 Å². The van der Waals surface area contributed by atoms with Crippen LogP contribution in [0.4, 0.5) is 0 Å². The average molecular weight is 417 g/mol. The summed E-state index contributed by atoms with van der Waals surface area (Å²) in [5.74, 6) is 0.692. The Kier molecular flexibility index (Phi) is 6.07. The van der Waals surface area contributed by atoms with E-state index in [0.717, 1.165) is 0 Å². The highest BCUT2D eigenvalue weighted by molar-refractivity contribution is 7.99. The second-order valence-corrected chi connectivity index (χ2v) is 8.97. The van der Waals surface area contributed by atoms with Gasteiger partial charge < -0.3 is 9.26 Å². The van der Waals surface area contributed by atoms with Crippen molar-refractivity contribution in [1.29, 1.82) is 0 Å². The standard InChI is InChI=1S/C20H24N4O4S/c1-12(16-22-18(23-28-16)20(2,3)4)29-19-21-14-9-7-6-8-13(14)17(26)24(19)11-10-15(25)27-5/h6-9,12H,10-11H2,1-5H3/t12-/m1/s1. The van der Waals surface area contributed by atoms with Gasteiger partial charge in [0.2, 0.25) is 5.89 Å². The lowest BCUT2D eigenvalue weighted by molar-refractivity contribution is -0.140. The number of fused-ring (bicyclic) bond motifs is 1. The second-order valence-electron chi connectivity index (χ2n) is 7.66. The lowest BCUT2D eigenvalue weighted by Crippen LogP contribution is -2.25. The number of carbonyl (C=O) groups excluding carboxylic acids is 1. The van der Waals surface area contributed by atoms with Crippen LogP contribution in [-0.2, 0) is 21.5 Å². The van der Waals surface area contributed by atoms with Gasteiger partial charge in [-0.15, -0.1) is 0 Å². The molecule has 29 heavy (non-hydrogen) atoms. The molecule has 0 aliphatic rings. The summed E-state index contributed by atoms with van der Waals surface area (Å²) >= 11 is 1.34. The second kappa shape index (κ2) is 8.36. The maximum Gasteiger partial charge on any atom is 0.307 e. The smallest absolute Gasteiger partial charge is 0.307 e. The van der Waals surface area contributed by atoms with E-state index in [-0.39, 0.29) is 35.2 Å². The average Bonchev–Trinajstić information content (AvgIpc) is 3.18. The van der Waals surface area contributed by atoms with Gasteiger partial charge in [-0.05, 0) is 19.1 Å². The van der Waals surface area contributed by atoms with Crippen molar-refractivity contribution < 1.29 is 14.1 Å². The van der Waals surface area contributed by atoms with Crippen LogP contribution in [0.15, 0.2) is 38.7 Å². The predicted molar refractivity (Wildman–Crippen MR) is 110 cm³/mol. The normalized spacial score (nSPS) is 12.9. The van der Waals surface area contributed by atoms with Crippen LogP contribution < -0.4 is 5.56 Å². The van der Waals surface area contributed by atoms with Crippen LogP contribution in [0.5, 0.6) is 0 Å². The molecule has 0 fully saturated rings. The minimum atomic E-state index is -0.388. The van der Waals surface area contributed by atoms with Crippen LogP contribution in [0.2, 0.25) is 0 Å². The van der Waals surface area contributed by atoms with E-state index in [0.29, 0.717) is 27.8 Å². The molecule has 0 saturated heterocycles. The van der Waals surface area contributed by atoms with Gasteiger partial charge in [-0.25, -0.2) is 4.98 Å². The first kappa shape index (κ1) is 21.0. The van der Waals surface area contributed by atoms with Crippen LogP contribution in [-0.4, -0.2) is 32.8 Å². The molecule has 154 valence electrons. The molecule has 1 aromatic carbocycles. The Bertz CT molecular complexity index is 1080. The van der Waals surface area contributed by atoms with E-state index in [4.69, 9.17) is 9.26 Å². The van der Waals surface area contributed by atoms with Crippen molar-refractivity contribution in [3.8, 4) is 0 Å². The number of benzene rings is 1. The quantitative estimate of drug-likeness (QED) is 0.342. The van der Waals surface area contributed by atoms with E-state index in [1.807, 2.05) is 33.8 Å². The fourth-order valence-corrected chi connectivity index (χ4v) is 3.62. The first-order chi connectivity index (χ1) is 13.7. The Labute approximate surface area is 172 Å². The van der Waals surface area contributed by atoms with Crippen LogP contribution >= 0.6 is 11.8 Å². The molecule has 0 spiro atoms. The first-order valence-electron chi connectivity index (χ1n) is 9.28. The van der Waals surface area contributed by atoms with E-state index >= 15 is 0 Å². The van der Waals surface area contributed by atoms with E-state index in [2.05, 4.69) is 15.1 Å². The van der Waals surface area contributed by atoms with Crippen LogP contribution in [0.25, 0.3) is 10.9 Å². The molecule has 1 atom stereocenters. The number of thioether (sulfide) groups is 1. The molecule has 3 aromatic rings. The summed E-state index contributed by atoms with van der Waals surface area (Å²) < 4.78 is 11.6. The molecule has 0 radical (unpaired) electrons. The molecule has 2 aromatic heterocycles. The van der Waals surface area contributed by atoms with Crippen LogP contribution in [0, 0.1) is 0 Å². The minimum absolute atomic E-state index is 0.0765. The van der Waals surface area contributed by atoms with Gasteiger partial charge in [-0.3, -0.25) is 14.2 Å². The summed E-state index contributed by atoms with van der Waals surface area (Å²) in [6.45, 7) is 8.12. The number of hydrogen-bond acceptors (Lipinski definition) is 8. The number of para-hydroxylation sites is 1. The number of ether oxygens (including phenoxy) is 1. The number of methoxy groups -OCH3 is 1. The van der Waals surface area contributed by atoms with Gasteiger partial charge in [0.1, 0.15) is 0 Å². The topological polar surface area (TPSA) is 100 Å². The highest BCUT2D eigenvalue weighted by atomic mass is 32.2. The number of nitrogens with zero attached hydrogens (tertiary/aromatic N) is 4. The maximum atomic E-state index is 13.0. The third-order valence-corrected chi connectivity index (χ3v) is 5.41. The van der Waals surface area contributed by atoms with Crippen molar-refractivity contribution >= 4 is 28.6 Å². The number of rotatable bonds is 6. The molecule has 0 unspecified atom stereocenters. The summed E-state index contributed by atoms with van der Waals surface area (Å²) in [4.78, 5) is 33.8. The molecule has 9 heteroatoms. The Morgan fingerprint density at radius 3 is 2.66 bits per heavy atom. The molecule has 8 nitrogen and oxygen atoms in total. The number of hydrogen-bond donors (Lipinski definition) is 0. The van der Waals surface area contributed by atoms with Crippen molar-refractivity contribution in [3.05, 3.63) is 46.3 Å². The fraction of sp³-hybridized carbons (Fsp3) is 0.450. The zero-order chi connectivity index (χ0) is 21.2. The molecule has 0 amide bonds. The van der Waals surface area contributed by atoms with Gasteiger partial charge in [-0.1, -0.05) is 49.8 Å². The lowest BCUT2D eigenvalue weighted by atomic mass is 9.96. The SMILES string of the molecule is COC(=O)CCn1c(S[C@H](C)c2nc(C(C)(C)C)no2)nc2ccccc2c1=O. The Balaban J connectivity index is 1.97. The summed E-state index contributed by atoms with van der Waals surface area (Å²) in [5, 5.41) is 4.82. The number of aromatic nitrogens is 4. The summed E-state index contributed by atoms with van der Waals surface area (Å²) in [6, 6.07) is 7.14. The monoisotopic (exact) mass is 416 g/mol. The van der Waals surface area contributed by atoms with Crippen molar-refractivity contribution in [2.45, 2.75) is 56.5 Å². The third kappa shape index (κ3) is 4.67. The van der Waals surface area contributed by atoms with E-state index in [1.165, 1.54) is 23.4 Å². The molecular weight excluding hydrogens is 392 g/mol. The van der Waals surface area contributed by atoms with Crippen LogP contribution in [0.3, 0.4) is 0 Å². The number of esters is 1. The minimum Gasteiger partial charge on any atom is -0.469 e. The molecular formula is C20H24N4O4S. The zero-order valence-corrected chi connectivity index (χ0v) is 17.9. The van der Waals surface area contributed by atoms with E-state index < -0.39 is 0 Å². The largest absolute Gasteiger partial charge is 0.469 e.